The number of alkyl halides is 3. The van der Waals surface area contributed by atoms with E-state index in [1.807, 2.05) is 0 Å². The van der Waals surface area contributed by atoms with Crippen LogP contribution in [0.2, 0.25) is 0 Å². The molecule has 0 bridgehead atoms. The summed E-state index contributed by atoms with van der Waals surface area (Å²) in [6.45, 7) is 0.0711. The van der Waals surface area contributed by atoms with E-state index in [-0.39, 0.29) is 25.4 Å². The molecule has 28 heavy (non-hydrogen) atoms. The van der Waals surface area contributed by atoms with E-state index in [9.17, 15) is 27.6 Å². The van der Waals surface area contributed by atoms with Crippen molar-refractivity contribution in [3.8, 4) is 0 Å². The van der Waals surface area contributed by atoms with Crippen molar-refractivity contribution in [2.24, 2.45) is 0 Å². The summed E-state index contributed by atoms with van der Waals surface area (Å²) in [5.41, 5.74) is 0.427. The molecule has 0 saturated heterocycles. The molecule has 1 aliphatic heterocycles. The molecule has 8 heteroatoms. The lowest BCUT2D eigenvalue weighted by molar-refractivity contribution is -0.137. The number of amides is 3. The summed E-state index contributed by atoms with van der Waals surface area (Å²) in [5.74, 6) is -1.19. The van der Waals surface area contributed by atoms with Crippen molar-refractivity contribution in [2.75, 3.05) is 13.6 Å². The van der Waals surface area contributed by atoms with Crippen LogP contribution >= 0.6 is 0 Å². The molecule has 0 radical (unpaired) electrons. The van der Waals surface area contributed by atoms with Crippen molar-refractivity contribution < 1.29 is 27.6 Å². The molecular weight excluding hydrogens is 373 g/mol. The van der Waals surface area contributed by atoms with Gasteiger partial charge in [0, 0.05) is 26.6 Å². The molecule has 2 aromatic rings. The minimum absolute atomic E-state index is 0.0530. The van der Waals surface area contributed by atoms with E-state index in [0.717, 1.165) is 17.0 Å². The van der Waals surface area contributed by atoms with E-state index in [1.165, 1.54) is 24.1 Å². The number of carbonyl (C=O) groups excluding carboxylic acids is 3. The fourth-order valence-electron chi connectivity index (χ4n) is 3.00. The average molecular weight is 390 g/mol. The Morgan fingerprint density at radius 1 is 0.964 bits per heavy atom. The van der Waals surface area contributed by atoms with Crippen molar-refractivity contribution in [1.82, 2.24) is 9.80 Å². The third kappa shape index (κ3) is 3.90. The summed E-state index contributed by atoms with van der Waals surface area (Å²) in [6, 6.07) is 11.0. The molecule has 0 aromatic heterocycles. The molecule has 0 atom stereocenters. The molecule has 5 nitrogen and oxygen atoms in total. The zero-order chi connectivity index (χ0) is 20.5. The third-order valence-corrected chi connectivity index (χ3v) is 4.55. The van der Waals surface area contributed by atoms with Gasteiger partial charge in [0.2, 0.25) is 5.91 Å². The van der Waals surface area contributed by atoms with Gasteiger partial charge in [-0.15, -0.1) is 0 Å². The maximum atomic E-state index is 12.6. The fourth-order valence-corrected chi connectivity index (χ4v) is 3.00. The molecule has 2 aromatic carbocycles. The molecule has 0 spiro atoms. The molecule has 3 amide bonds. The SMILES string of the molecule is CN(Cc1ccc(C(F)(F)F)cc1)C(=O)CCN1C(=O)c2ccccc2C1=O. The lowest BCUT2D eigenvalue weighted by atomic mass is 10.1. The number of hydrogen-bond acceptors (Lipinski definition) is 3. The highest BCUT2D eigenvalue weighted by Crippen LogP contribution is 2.29. The van der Waals surface area contributed by atoms with Crippen molar-refractivity contribution in [2.45, 2.75) is 19.1 Å². The van der Waals surface area contributed by atoms with E-state index in [2.05, 4.69) is 0 Å². The van der Waals surface area contributed by atoms with Crippen molar-refractivity contribution >= 4 is 17.7 Å². The lowest BCUT2D eigenvalue weighted by Gasteiger charge is -2.20. The first kappa shape index (κ1) is 19.6. The summed E-state index contributed by atoms with van der Waals surface area (Å²) in [7, 11) is 1.52. The molecule has 0 saturated carbocycles. The smallest absolute Gasteiger partial charge is 0.341 e. The third-order valence-electron chi connectivity index (χ3n) is 4.55. The Labute approximate surface area is 159 Å². The van der Waals surface area contributed by atoms with Crippen LogP contribution in [0.5, 0.6) is 0 Å². The first-order valence-corrected chi connectivity index (χ1v) is 8.54. The molecule has 0 unspecified atom stereocenters. The first-order valence-electron chi connectivity index (χ1n) is 8.54. The Morgan fingerprint density at radius 2 is 1.50 bits per heavy atom. The largest absolute Gasteiger partial charge is 0.416 e. The number of hydrogen-bond donors (Lipinski definition) is 0. The van der Waals surface area contributed by atoms with Gasteiger partial charge in [0.15, 0.2) is 0 Å². The predicted molar refractivity (Wildman–Crippen MR) is 94.3 cm³/mol. The maximum absolute atomic E-state index is 12.6. The van der Waals surface area contributed by atoms with Gasteiger partial charge in [-0.3, -0.25) is 19.3 Å². The number of halogens is 3. The number of fused-ring (bicyclic) bond motifs is 1. The minimum Gasteiger partial charge on any atom is -0.341 e. The average Bonchev–Trinajstić information content (AvgIpc) is 2.90. The Bertz CT molecular complexity index is 888. The number of rotatable bonds is 5. The second-order valence-corrected chi connectivity index (χ2v) is 6.50. The Hall–Kier alpha value is -3.16. The Morgan fingerprint density at radius 3 is 2.00 bits per heavy atom. The molecule has 0 aliphatic carbocycles. The van der Waals surface area contributed by atoms with Gasteiger partial charge in [0.1, 0.15) is 0 Å². The van der Waals surface area contributed by atoms with Gasteiger partial charge < -0.3 is 4.90 Å². The van der Waals surface area contributed by atoms with Gasteiger partial charge in [0.25, 0.3) is 11.8 Å². The minimum atomic E-state index is -4.41. The standard InChI is InChI=1S/C20H17F3N2O3/c1-24(12-13-6-8-14(9-7-13)20(21,22)23)17(26)10-11-25-18(27)15-4-2-3-5-16(15)19(25)28/h2-9H,10-12H2,1H3. The van der Waals surface area contributed by atoms with Crippen LogP contribution in [0.25, 0.3) is 0 Å². The number of nitrogens with zero attached hydrogens (tertiary/aromatic N) is 2. The number of carbonyl (C=O) groups is 3. The van der Waals surface area contributed by atoms with Crippen LogP contribution in [0.3, 0.4) is 0 Å². The summed E-state index contributed by atoms with van der Waals surface area (Å²) in [4.78, 5) is 39.3. The number of imide groups is 1. The summed E-state index contributed by atoms with van der Waals surface area (Å²) >= 11 is 0. The fraction of sp³-hybridized carbons (Fsp3) is 0.250. The summed E-state index contributed by atoms with van der Waals surface area (Å²) in [5, 5.41) is 0. The monoisotopic (exact) mass is 390 g/mol. The lowest BCUT2D eigenvalue weighted by Crippen LogP contribution is -2.35. The number of benzene rings is 2. The van der Waals surface area contributed by atoms with Crippen LogP contribution in [0.1, 0.15) is 38.3 Å². The van der Waals surface area contributed by atoms with Crippen LogP contribution in [0.15, 0.2) is 48.5 Å². The second kappa shape index (κ2) is 7.46. The van der Waals surface area contributed by atoms with Crippen LogP contribution in [-0.2, 0) is 17.5 Å². The second-order valence-electron chi connectivity index (χ2n) is 6.50. The first-order chi connectivity index (χ1) is 13.2. The van der Waals surface area contributed by atoms with Gasteiger partial charge in [-0.2, -0.15) is 13.2 Å². The Balaban J connectivity index is 1.57. The highest BCUT2D eigenvalue weighted by molar-refractivity contribution is 6.21. The Kier molecular flexibility index (Phi) is 5.22. The van der Waals surface area contributed by atoms with Crippen LogP contribution in [-0.4, -0.2) is 41.1 Å². The van der Waals surface area contributed by atoms with E-state index in [0.29, 0.717) is 16.7 Å². The molecule has 0 N–H and O–H groups in total. The van der Waals surface area contributed by atoms with Crippen molar-refractivity contribution in [1.29, 1.82) is 0 Å². The van der Waals surface area contributed by atoms with Crippen molar-refractivity contribution in [3.63, 3.8) is 0 Å². The molecule has 0 fully saturated rings. The van der Waals surface area contributed by atoms with Gasteiger partial charge >= 0.3 is 6.18 Å². The van der Waals surface area contributed by atoms with Crippen LogP contribution < -0.4 is 0 Å². The van der Waals surface area contributed by atoms with E-state index in [1.54, 1.807) is 24.3 Å². The predicted octanol–water partition coefficient (Wildman–Crippen LogP) is 3.35. The summed E-state index contributed by atoms with van der Waals surface area (Å²) < 4.78 is 37.8. The topological polar surface area (TPSA) is 57.7 Å². The van der Waals surface area contributed by atoms with Gasteiger partial charge in [-0.25, -0.2) is 0 Å². The van der Waals surface area contributed by atoms with Gasteiger partial charge in [0.05, 0.1) is 16.7 Å². The van der Waals surface area contributed by atoms with E-state index < -0.39 is 23.6 Å². The van der Waals surface area contributed by atoms with Gasteiger partial charge in [-0.1, -0.05) is 24.3 Å². The van der Waals surface area contributed by atoms with E-state index in [4.69, 9.17) is 0 Å². The maximum Gasteiger partial charge on any atom is 0.416 e. The zero-order valence-electron chi connectivity index (χ0n) is 15.0. The molecule has 146 valence electrons. The normalized spacial score (nSPS) is 13.6. The summed E-state index contributed by atoms with van der Waals surface area (Å²) in [6.07, 6.45) is -4.48. The van der Waals surface area contributed by atoms with Crippen LogP contribution in [0.4, 0.5) is 13.2 Å². The zero-order valence-corrected chi connectivity index (χ0v) is 15.0. The molecule has 1 heterocycles. The molecule has 1 aliphatic rings. The van der Waals surface area contributed by atoms with Crippen LogP contribution in [0, 0.1) is 0 Å². The highest BCUT2D eigenvalue weighted by atomic mass is 19.4. The van der Waals surface area contributed by atoms with E-state index >= 15 is 0 Å². The molecular formula is C20H17F3N2O3. The molecule has 3 rings (SSSR count). The van der Waals surface area contributed by atoms with Gasteiger partial charge in [-0.05, 0) is 29.8 Å². The highest BCUT2D eigenvalue weighted by Gasteiger charge is 2.35. The van der Waals surface area contributed by atoms with Crippen molar-refractivity contribution in [3.05, 3.63) is 70.8 Å². The quantitative estimate of drug-likeness (QED) is 0.736.